The lowest BCUT2D eigenvalue weighted by Crippen LogP contribution is -2.48. The first kappa shape index (κ1) is 17.9. The van der Waals surface area contributed by atoms with E-state index in [2.05, 4.69) is 15.1 Å². The molecule has 0 spiro atoms. The van der Waals surface area contributed by atoms with Crippen LogP contribution in [0.4, 0.5) is 0 Å². The molecule has 1 heterocycles. The topological polar surface area (TPSA) is 119 Å². The van der Waals surface area contributed by atoms with Crippen LogP contribution in [0.15, 0.2) is 4.90 Å². The van der Waals surface area contributed by atoms with E-state index >= 15 is 0 Å². The van der Waals surface area contributed by atoms with Gasteiger partial charge in [0.2, 0.25) is 15.9 Å². The fourth-order valence-corrected chi connectivity index (χ4v) is 4.19. The van der Waals surface area contributed by atoms with Gasteiger partial charge in [0.15, 0.2) is 0 Å². The Morgan fingerprint density at radius 3 is 2.52 bits per heavy atom. The van der Waals surface area contributed by atoms with E-state index in [-0.39, 0.29) is 16.8 Å². The predicted molar refractivity (Wildman–Crippen MR) is 86.2 cm³/mol. The zero-order valence-electron chi connectivity index (χ0n) is 14.0. The van der Waals surface area contributed by atoms with Crippen molar-refractivity contribution in [3.05, 3.63) is 11.4 Å². The average Bonchev–Trinajstić information content (AvgIpc) is 3.24. The smallest absolute Gasteiger partial charge is 0.244 e. The van der Waals surface area contributed by atoms with Crippen molar-refractivity contribution in [3.8, 4) is 0 Å². The van der Waals surface area contributed by atoms with Gasteiger partial charge in [0, 0.05) is 19.6 Å². The number of nitrogens with two attached hydrogens (primary N) is 1. The van der Waals surface area contributed by atoms with Crippen LogP contribution >= 0.6 is 0 Å². The van der Waals surface area contributed by atoms with E-state index in [4.69, 9.17) is 5.73 Å². The molecule has 0 aliphatic heterocycles. The van der Waals surface area contributed by atoms with E-state index in [1.807, 2.05) is 0 Å². The van der Waals surface area contributed by atoms with Crippen LogP contribution in [0.25, 0.3) is 0 Å². The predicted octanol–water partition coefficient (Wildman–Crippen LogP) is -0.443. The van der Waals surface area contributed by atoms with Crippen molar-refractivity contribution in [2.45, 2.75) is 50.6 Å². The first-order valence-corrected chi connectivity index (χ1v) is 9.17. The van der Waals surface area contributed by atoms with Crippen LogP contribution in [0, 0.1) is 19.8 Å². The summed E-state index contributed by atoms with van der Waals surface area (Å²) in [5.41, 5.74) is 6.85. The molecule has 1 saturated carbocycles. The second kappa shape index (κ2) is 6.58. The molecule has 2 atom stereocenters. The van der Waals surface area contributed by atoms with Crippen molar-refractivity contribution >= 4 is 15.9 Å². The second-order valence-electron chi connectivity index (χ2n) is 6.21. The van der Waals surface area contributed by atoms with Gasteiger partial charge < -0.3 is 11.1 Å². The van der Waals surface area contributed by atoms with Crippen LogP contribution < -0.4 is 15.8 Å². The normalized spacial score (nSPS) is 17.8. The summed E-state index contributed by atoms with van der Waals surface area (Å²) in [5, 5.41) is 6.80. The first-order valence-electron chi connectivity index (χ1n) is 7.69. The maximum atomic E-state index is 12.5. The van der Waals surface area contributed by atoms with Crippen LogP contribution in [0.3, 0.4) is 0 Å². The van der Waals surface area contributed by atoms with Gasteiger partial charge in [-0.25, -0.2) is 8.42 Å². The summed E-state index contributed by atoms with van der Waals surface area (Å²) >= 11 is 0. The Hall–Kier alpha value is -1.45. The highest BCUT2D eigenvalue weighted by Crippen LogP contribution is 2.31. The monoisotopic (exact) mass is 343 g/mol. The standard InChI is InChI=1S/C14H25N5O3S/c1-8-13(10(3)19(4)17-8)23(21,22)18-9(2)14(20)16-7-12(15)11-5-6-11/h9,11-12,18H,5-7,15H2,1-4H3,(H,16,20). The molecule has 9 heteroatoms. The van der Waals surface area contributed by atoms with Gasteiger partial charge in [0.1, 0.15) is 4.90 Å². The fourth-order valence-electron chi connectivity index (χ4n) is 2.55. The van der Waals surface area contributed by atoms with Gasteiger partial charge >= 0.3 is 0 Å². The number of nitrogens with one attached hydrogen (secondary N) is 2. The lowest BCUT2D eigenvalue weighted by atomic mass is 10.2. The van der Waals surface area contributed by atoms with Crippen LogP contribution in [0.5, 0.6) is 0 Å². The number of hydrogen-bond donors (Lipinski definition) is 3. The van der Waals surface area contributed by atoms with E-state index < -0.39 is 16.1 Å². The third kappa shape index (κ3) is 4.10. The van der Waals surface area contributed by atoms with E-state index in [0.29, 0.717) is 23.9 Å². The van der Waals surface area contributed by atoms with Gasteiger partial charge in [-0.3, -0.25) is 9.48 Å². The molecule has 0 radical (unpaired) electrons. The number of nitrogens with zero attached hydrogens (tertiary/aromatic N) is 2. The number of aryl methyl sites for hydroxylation is 2. The van der Waals surface area contributed by atoms with Gasteiger partial charge in [0.25, 0.3) is 0 Å². The van der Waals surface area contributed by atoms with Gasteiger partial charge in [0.05, 0.1) is 17.4 Å². The highest BCUT2D eigenvalue weighted by Gasteiger charge is 2.30. The van der Waals surface area contributed by atoms with Crippen molar-refractivity contribution < 1.29 is 13.2 Å². The van der Waals surface area contributed by atoms with Crippen LogP contribution in [0.2, 0.25) is 0 Å². The fraction of sp³-hybridized carbons (Fsp3) is 0.714. The third-order valence-electron chi connectivity index (χ3n) is 4.18. The second-order valence-corrected chi connectivity index (χ2v) is 7.86. The maximum absolute atomic E-state index is 12.5. The molecule has 1 aliphatic carbocycles. The Labute approximate surface area is 136 Å². The summed E-state index contributed by atoms with van der Waals surface area (Å²) in [6, 6.07) is -0.948. The molecule has 0 saturated heterocycles. The number of aromatic nitrogens is 2. The van der Waals surface area contributed by atoms with Crippen molar-refractivity contribution in [1.29, 1.82) is 0 Å². The Morgan fingerprint density at radius 2 is 2.04 bits per heavy atom. The molecule has 0 bridgehead atoms. The highest BCUT2D eigenvalue weighted by molar-refractivity contribution is 7.89. The molecule has 23 heavy (non-hydrogen) atoms. The highest BCUT2D eigenvalue weighted by atomic mass is 32.2. The molecule has 2 unspecified atom stereocenters. The average molecular weight is 343 g/mol. The van der Waals surface area contributed by atoms with E-state index in [1.165, 1.54) is 11.6 Å². The minimum absolute atomic E-state index is 0.0643. The molecule has 1 fully saturated rings. The summed E-state index contributed by atoms with van der Waals surface area (Å²) in [5.74, 6) is 0.0897. The summed E-state index contributed by atoms with van der Waals surface area (Å²) in [4.78, 5) is 12.2. The number of rotatable bonds is 7. The van der Waals surface area contributed by atoms with Gasteiger partial charge in [-0.1, -0.05) is 0 Å². The minimum Gasteiger partial charge on any atom is -0.353 e. The molecule has 1 amide bonds. The van der Waals surface area contributed by atoms with Gasteiger partial charge in [-0.2, -0.15) is 9.82 Å². The molecule has 1 aromatic heterocycles. The van der Waals surface area contributed by atoms with Crippen LogP contribution in [-0.4, -0.2) is 42.7 Å². The third-order valence-corrected chi connectivity index (χ3v) is 5.97. The lowest BCUT2D eigenvalue weighted by molar-refractivity contribution is -0.122. The minimum atomic E-state index is -3.81. The first-order chi connectivity index (χ1) is 10.6. The van der Waals surface area contributed by atoms with E-state index in [9.17, 15) is 13.2 Å². The van der Waals surface area contributed by atoms with Crippen molar-refractivity contribution in [2.24, 2.45) is 18.7 Å². The number of carbonyl (C=O) groups is 1. The molecule has 4 N–H and O–H groups in total. The van der Waals surface area contributed by atoms with E-state index in [1.54, 1.807) is 20.9 Å². The van der Waals surface area contributed by atoms with Gasteiger partial charge in [-0.15, -0.1) is 0 Å². The molecule has 8 nitrogen and oxygen atoms in total. The van der Waals surface area contributed by atoms with Crippen LogP contribution in [0.1, 0.15) is 31.2 Å². The van der Waals surface area contributed by atoms with Crippen molar-refractivity contribution in [3.63, 3.8) is 0 Å². The zero-order chi connectivity index (χ0) is 17.4. The summed E-state index contributed by atoms with van der Waals surface area (Å²) in [6.45, 7) is 5.17. The molecular formula is C14H25N5O3S. The van der Waals surface area contributed by atoms with Crippen molar-refractivity contribution in [1.82, 2.24) is 19.8 Å². The summed E-state index contributed by atoms with van der Waals surface area (Å²) in [7, 11) is -2.14. The Morgan fingerprint density at radius 1 is 1.43 bits per heavy atom. The van der Waals surface area contributed by atoms with Gasteiger partial charge in [-0.05, 0) is 39.5 Å². The number of carbonyl (C=O) groups excluding carboxylic acids is 1. The van der Waals surface area contributed by atoms with Crippen LogP contribution in [-0.2, 0) is 21.9 Å². The number of amides is 1. The SMILES string of the molecule is Cc1nn(C)c(C)c1S(=O)(=O)NC(C)C(=O)NCC(N)C1CC1. The Balaban J connectivity index is 1.99. The molecule has 1 aromatic rings. The molecule has 2 rings (SSSR count). The molecule has 0 aromatic carbocycles. The number of sulfonamides is 1. The Kier molecular flexibility index (Phi) is 5.12. The maximum Gasteiger partial charge on any atom is 0.244 e. The van der Waals surface area contributed by atoms with Crippen molar-refractivity contribution in [2.75, 3.05) is 6.54 Å². The quantitative estimate of drug-likeness (QED) is 0.620. The van der Waals surface area contributed by atoms with E-state index in [0.717, 1.165) is 12.8 Å². The summed E-state index contributed by atoms with van der Waals surface area (Å²) < 4.78 is 28.9. The molecule has 130 valence electrons. The molecule has 1 aliphatic rings. The molecular weight excluding hydrogens is 318 g/mol. The zero-order valence-corrected chi connectivity index (χ0v) is 14.8. The lowest BCUT2D eigenvalue weighted by Gasteiger charge is -2.17. The number of hydrogen-bond acceptors (Lipinski definition) is 5. The largest absolute Gasteiger partial charge is 0.353 e. The Bertz CT molecular complexity index is 694. The summed E-state index contributed by atoms with van der Waals surface area (Å²) in [6.07, 6.45) is 2.19.